The van der Waals surface area contributed by atoms with E-state index in [1.165, 1.54) is 29.8 Å². The molecule has 0 unspecified atom stereocenters. The molecule has 1 amide bonds. The monoisotopic (exact) mass is 406 g/mol. The van der Waals surface area contributed by atoms with Crippen molar-refractivity contribution in [2.75, 3.05) is 19.6 Å². The van der Waals surface area contributed by atoms with Gasteiger partial charge in [0, 0.05) is 17.1 Å². The molecule has 0 aromatic heterocycles. The van der Waals surface area contributed by atoms with Gasteiger partial charge in [-0.2, -0.15) is 0 Å². The van der Waals surface area contributed by atoms with Crippen molar-refractivity contribution < 1.29 is 13.2 Å². The lowest BCUT2D eigenvalue weighted by atomic mass is 10.1. The Hall–Kier alpha value is -1.89. The first kappa shape index (κ1) is 19.9. The van der Waals surface area contributed by atoms with Gasteiger partial charge in [-0.25, -0.2) is 8.42 Å². The summed E-state index contributed by atoms with van der Waals surface area (Å²) in [6, 6.07) is 13.7. The molecule has 0 saturated carbocycles. The maximum absolute atomic E-state index is 12.8. The van der Waals surface area contributed by atoms with Gasteiger partial charge in [0.2, 0.25) is 5.91 Å². The molecule has 1 fully saturated rings. The highest BCUT2D eigenvalue weighted by molar-refractivity contribution is 7.92. The Bertz CT molecular complexity index is 888. The number of benzene rings is 2. The van der Waals surface area contributed by atoms with E-state index in [1.807, 2.05) is 24.3 Å². The topological polar surface area (TPSA) is 80.5 Å². The molecule has 1 saturated heterocycles. The van der Waals surface area contributed by atoms with Gasteiger partial charge in [0.05, 0.1) is 10.1 Å². The number of rotatable bonds is 6. The molecule has 2 aromatic carbocycles. The van der Waals surface area contributed by atoms with Crippen LogP contribution in [-0.4, -0.2) is 44.1 Å². The predicted molar refractivity (Wildman–Crippen MR) is 107 cm³/mol. The number of likely N-dealkylation sites (tertiary alicyclic amines) is 1. The summed E-state index contributed by atoms with van der Waals surface area (Å²) in [5.74, 6) is -0.562. The van der Waals surface area contributed by atoms with E-state index in [1.54, 1.807) is 0 Å². The Morgan fingerprint density at radius 2 is 1.63 bits per heavy atom. The minimum Gasteiger partial charge on any atom is -0.366 e. The second-order valence-corrected chi connectivity index (χ2v) is 9.52. The highest BCUT2D eigenvalue weighted by Crippen LogP contribution is 2.25. The van der Waals surface area contributed by atoms with E-state index in [0.29, 0.717) is 18.4 Å². The van der Waals surface area contributed by atoms with E-state index in [-0.39, 0.29) is 10.1 Å². The van der Waals surface area contributed by atoms with Crippen LogP contribution in [0.2, 0.25) is 5.02 Å². The van der Waals surface area contributed by atoms with Crippen LogP contribution in [0, 0.1) is 0 Å². The summed E-state index contributed by atoms with van der Waals surface area (Å²) in [4.78, 5) is 13.7. The summed E-state index contributed by atoms with van der Waals surface area (Å²) < 4.78 is 25.7. The number of primary amides is 1. The van der Waals surface area contributed by atoms with Crippen LogP contribution in [0.3, 0.4) is 0 Å². The van der Waals surface area contributed by atoms with Crippen molar-refractivity contribution in [2.24, 2.45) is 5.73 Å². The molecule has 1 aliphatic rings. The van der Waals surface area contributed by atoms with Crippen molar-refractivity contribution in [1.82, 2.24) is 4.90 Å². The maximum Gasteiger partial charge on any atom is 0.248 e. The summed E-state index contributed by atoms with van der Waals surface area (Å²) in [7, 11) is -3.39. The second kappa shape index (κ2) is 8.42. The first-order valence-corrected chi connectivity index (χ1v) is 10.9. The quantitative estimate of drug-likeness (QED) is 0.799. The number of amides is 1. The molecule has 1 aliphatic heterocycles. The Kier molecular flexibility index (Phi) is 6.19. The molecular weight excluding hydrogens is 384 g/mol. The maximum atomic E-state index is 12.8. The molecule has 1 heterocycles. The van der Waals surface area contributed by atoms with Crippen LogP contribution in [0.1, 0.15) is 28.8 Å². The zero-order valence-electron chi connectivity index (χ0n) is 15.0. The Morgan fingerprint density at radius 3 is 2.19 bits per heavy atom. The van der Waals surface area contributed by atoms with E-state index < -0.39 is 15.7 Å². The Balaban J connectivity index is 1.56. The van der Waals surface area contributed by atoms with Crippen LogP contribution in [0.25, 0.3) is 0 Å². The molecule has 3 rings (SSSR count). The lowest BCUT2D eigenvalue weighted by molar-refractivity contribution is 0.1000. The molecule has 2 N–H and O–H groups in total. The molecule has 0 aliphatic carbocycles. The van der Waals surface area contributed by atoms with Crippen molar-refractivity contribution in [1.29, 1.82) is 0 Å². The van der Waals surface area contributed by atoms with E-state index in [0.717, 1.165) is 31.1 Å². The van der Waals surface area contributed by atoms with Crippen molar-refractivity contribution in [3.8, 4) is 0 Å². The Morgan fingerprint density at radius 1 is 1.04 bits per heavy atom. The molecule has 0 atom stereocenters. The SMILES string of the molecule is NC(=O)c1ccc(S(=O)(=O)C2CCN(CCc3ccc(Cl)cc3)CC2)cc1. The van der Waals surface area contributed by atoms with Gasteiger partial charge in [0.1, 0.15) is 0 Å². The van der Waals surface area contributed by atoms with Gasteiger partial charge in [0.15, 0.2) is 9.84 Å². The summed E-state index contributed by atoms with van der Waals surface area (Å²) in [6.45, 7) is 2.43. The van der Waals surface area contributed by atoms with Crippen LogP contribution < -0.4 is 5.73 Å². The zero-order chi connectivity index (χ0) is 19.4. The van der Waals surface area contributed by atoms with Crippen molar-refractivity contribution in [3.05, 3.63) is 64.7 Å². The van der Waals surface area contributed by atoms with Gasteiger partial charge < -0.3 is 10.6 Å². The average Bonchev–Trinajstić information content (AvgIpc) is 2.68. The van der Waals surface area contributed by atoms with E-state index in [2.05, 4.69) is 4.90 Å². The van der Waals surface area contributed by atoms with Crippen LogP contribution in [0.4, 0.5) is 0 Å². The second-order valence-electron chi connectivity index (χ2n) is 6.85. The highest BCUT2D eigenvalue weighted by atomic mass is 35.5. The molecule has 5 nitrogen and oxygen atoms in total. The van der Waals surface area contributed by atoms with Gasteiger partial charge in [0.25, 0.3) is 0 Å². The summed E-state index contributed by atoms with van der Waals surface area (Å²) >= 11 is 5.90. The standard InChI is InChI=1S/C20H23ClN2O3S/c21-17-5-1-15(2-6-17)9-12-23-13-10-19(11-14-23)27(25,26)18-7-3-16(4-8-18)20(22)24/h1-8,19H,9-14H2,(H2,22,24). The molecular formula is C20H23ClN2O3S. The molecule has 27 heavy (non-hydrogen) atoms. The van der Waals surface area contributed by atoms with Gasteiger partial charge >= 0.3 is 0 Å². The molecule has 0 spiro atoms. The van der Waals surface area contributed by atoms with Crippen LogP contribution in [0.5, 0.6) is 0 Å². The number of carbonyl (C=O) groups excluding carboxylic acids is 1. The lowest BCUT2D eigenvalue weighted by Crippen LogP contribution is -2.40. The number of nitrogens with zero attached hydrogens (tertiary/aromatic N) is 1. The Labute approximate surface area is 165 Å². The number of halogens is 1. The first-order chi connectivity index (χ1) is 12.9. The number of sulfone groups is 1. The molecule has 144 valence electrons. The fourth-order valence-corrected chi connectivity index (χ4v) is 5.24. The third kappa shape index (κ3) is 4.89. The normalized spacial score (nSPS) is 16.3. The van der Waals surface area contributed by atoms with E-state index >= 15 is 0 Å². The van der Waals surface area contributed by atoms with Gasteiger partial charge in [-0.15, -0.1) is 0 Å². The van der Waals surface area contributed by atoms with E-state index in [4.69, 9.17) is 17.3 Å². The van der Waals surface area contributed by atoms with Crippen molar-refractivity contribution >= 4 is 27.3 Å². The van der Waals surface area contributed by atoms with Gasteiger partial charge in [-0.3, -0.25) is 4.79 Å². The summed E-state index contributed by atoms with van der Waals surface area (Å²) in [6.07, 6.45) is 2.14. The number of hydrogen-bond acceptors (Lipinski definition) is 4. The third-order valence-corrected chi connectivity index (χ3v) is 7.60. The summed E-state index contributed by atoms with van der Waals surface area (Å²) in [5, 5.41) is 0.345. The average molecular weight is 407 g/mol. The van der Waals surface area contributed by atoms with Gasteiger partial charge in [-0.1, -0.05) is 23.7 Å². The number of hydrogen-bond donors (Lipinski definition) is 1. The largest absolute Gasteiger partial charge is 0.366 e. The van der Waals surface area contributed by atoms with Crippen molar-refractivity contribution in [3.63, 3.8) is 0 Å². The predicted octanol–water partition coefficient (Wildman–Crippen LogP) is 2.92. The van der Waals surface area contributed by atoms with Crippen LogP contribution >= 0.6 is 11.6 Å². The number of piperidine rings is 1. The minimum atomic E-state index is -3.39. The number of carbonyl (C=O) groups is 1. The molecule has 0 bridgehead atoms. The van der Waals surface area contributed by atoms with Gasteiger partial charge in [-0.05, 0) is 74.3 Å². The third-order valence-electron chi connectivity index (χ3n) is 5.07. The minimum absolute atomic E-state index is 0.257. The van der Waals surface area contributed by atoms with Crippen molar-refractivity contribution in [2.45, 2.75) is 29.4 Å². The van der Waals surface area contributed by atoms with Crippen LogP contribution in [-0.2, 0) is 16.3 Å². The number of nitrogens with two attached hydrogens (primary N) is 1. The van der Waals surface area contributed by atoms with Crippen LogP contribution in [0.15, 0.2) is 53.4 Å². The smallest absolute Gasteiger partial charge is 0.248 e. The zero-order valence-corrected chi connectivity index (χ0v) is 16.5. The molecule has 7 heteroatoms. The highest BCUT2D eigenvalue weighted by Gasteiger charge is 2.31. The summed E-state index contributed by atoms with van der Waals surface area (Å²) in [5.41, 5.74) is 6.75. The fourth-order valence-electron chi connectivity index (χ4n) is 3.38. The lowest BCUT2D eigenvalue weighted by Gasteiger charge is -2.31. The molecule has 0 radical (unpaired) electrons. The van der Waals surface area contributed by atoms with E-state index in [9.17, 15) is 13.2 Å². The fraction of sp³-hybridized carbons (Fsp3) is 0.350. The molecule has 2 aromatic rings. The first-order valence-electron chi connectivity index (χ1n) is 8.97.